The Bertz CT molecular complexity index is 972. The van der Waals surface area contributed by atoms with E-state index in [0.717, 1.165) is 54.6 Å². The highest BCUT2D eigenvalue weighted by atomic mass is 19.1. The summed E-state index contributed by atoms with van der Waals surface area (Å²) in [5, 5.41) is 2.90. The Labute approximate surface area is 208 Å². The third-order valence-corrected chi connectivity index (χ3v) is 7.29. The molecule has 1 aromatic rings. The van der Waals surface area contributed by atoms with Crippen LogP contribution in [-0.2, 0) is 9.53 Å². The van der Waals surface area contributed by atoms with Gasteiger partial charge in [0.1, 0.15) is 5.75 Å². The lowest BCUT2D eigenvalue weighted by Crippen LogP contribution is -2.35. The van der Waals surface area contributed by atoms with Crippen molar-refractivity contribution in [2.45, 2.75) is 71.4 Å². The third-order valence-electron chi connectivity index (χ3n) is 7.29. The number of amides is 1. The molecule has 2 aliphatic heterocycles. The zero-order chi connectivity index (χ0) is 24.8. The van der Waals surface area contributed by atoms with Gasteiger partial charge in [-0.3, -0.25) is 4.79 Å². The summed E-state index contributed by atoms with van der Waals surface area (Å²) in [6.07, 6.45) is 7.49. The molecule has 0 spiro atoms. The second-order valence-electron chi connectivity index (χ2n) is 9.97. The van der Waals surface area contributed by atoms with Crippen LogP contribution in [0, 0.1) is 5.92 Å². The number of allylic oxidation sites excluding steroid dienone is 3. The number of hydrogen-bond donors (Lipinski definition) is 1. The maximum Gasteiger partial charge on any atom is 0.217 e. The number of aliphatic imine (C=N–C) groups is 1. The van der Waals surface area contributed by atoms with Gasteiger partial charge in [0.25, 0.3) is 0 Å². The number of rotatable bonds is 7. The largest absolute Gasteiger partial charge is 0.490 e. The van der Waals surface area contributed by atoms with Gasteiger partial charge in [0.15, 0.2) is 11.6 Å². The quantitative estimate of drug-likeness (QED) is 0.558. The Morgan fingerprint density at radius 2 is 1.89 bits per heavy atom. The molecule has 1 unspecified atom stereocenters. The van der Waals surface area contributed by atoms with Gasteiger partial charge in [-0.15, -0.1) is 0 Å². The molecule has 0 radical (unpaired) electrons. The van der Waals surface area contributed by atoms with Gasteiger partial charge in [0.2, 0.25) is 5.91 Å². The van der Waals surface area contributed by atoms with E-state index >= 15 is 4.39 Å². The monoisotopic (exact) mass is 483 g/mol. The third kappa shape index (κ3) is 6.72. The number of hydrogen-bond acceptors (Lipinski definition) is 5. The Hall–Kier alpha value is -2.67. The molecule has 1 saturated carbocycles. The molecule has 190 valence electrons. The van der Waals surface area contributed by atoms with E-state index in [0.29, 0.717) is 44.5 Å². The summed E-state index contributed by atoms with van der Waals surface area (Å²) >= 11 is 0. The van der Waals surface area contributed by atoms with E-state index in [1.54, 1.807) is 0 Å². The summed E-state index contributed by atoms with van der Waals surface area (Å²) in [6.45, 7) is 8.13. The number of nitrogens with one attached hydrogen (secondary N) is 1. The molecule has 1 atom stereocenters. The fourth-order valence-corrected chi connectivity index (χ4v) is 5.19. The molecule has 0 aromatic heterocycles. The topological polar surface area (TPSA) is 63.2 Å². The smallest absolute Gasteiger partial charge is 0.217 e. The number of nitrogens with zero attached hydrogens (tertiary/aromatic N) is 2. The molecule has 6 nitrogen and oxygen atoms in total. The zero-order valence-electron chi connectivity index (χ0n) is 21.2. The molecule has 4 rings (SSSR count). The van der Waals surface area contributed by atoms with E-state index in [1.165, 1.54) is 6.92 Å². The average molecular weight is 484 g/mol. The van der Waals surface area contributed by atoms with Crippen molar-refractivity contribution in [1.29, 1.82) is 0 Å². The van der Waals surface area contributed by atoms with Crippen molar-refractivity contribution < 1.29 is 18.7 Å². The molecular formula is C28H38FN3O3. The zero-order valence-corrected chi connectivity index (χ0v) is 21.2. The van der Waals surface area contributed by atoms with E-state index in [2.05, 4.69) is 10.3 Å². The maximum absolute atomic E-state index is 15.7. The molecular weight excluding hydrogens is 445 g/mol. The predicted octanol–water partition coefficient (Wildman–Crippen LogP) is 5.47. The van der Waals surface area contributed by atoms with Gasteiger partial charge < -0.3 is 19.7 Å². The summed E-state index contributed by atoms with van der Waals surface area (Å²) in [5.74, 6) is 1.61. The average Bonchev–Trinajstić information content (AvgIpc) is 2.99. The van der Waals surface area contributed by atoms with Gasteiger partial charge in [0.05, 0.1) is 25.4 Å². The highest BCUT2D eigenvalue weighted by Gasteiger charge is 2.28. The van der Waals surface area contributed by atoms with Gasteiger partial charge >= 0.3 is 0 Å². The van der Waals surface area contributed by atoms with Crippen LogP contribution >= 0.6 is 0 Å². The molecule has 1 aliphatic carbocycles. The summed E-state index contributed by atoms with van der Waals surface area (Å²) < 4.78 is 27.3. The van der Waals surface area contributed by atoms with Crippen LogP contribution in [0.3, 0.4) is 0 Å². The molecule has 1 saturated heterocycles. The minimum Gasteiger partial charge on any atom is -0.490 e. The van der Waals surface area contributed by atoms with Crippen LogP contribution in [0.1, 0.15) is 70.9 Å². The first-order valence-corrected chi connectivity index (χ1v) is 12.9. The Morgan fingerprint density at radius 1 is 1.20 bits per heavy atom. The van der Waals surface area contributed by atoms with Crippen molar-refractivity contribution in [2.75, 3.05) is 26.3 Å². The summed E-state index contributed by atoms with van der Waals surface area (Å²) in [7, 11) is 0. The van der Waals surface area contributed by atoms with Crippen molar-refractivity contribution in [3.63, 3.8) is 0 Å². The maximum atomic E-state index is 15.7. The first kappa shape index (κ1) is 25.4. The summed E-state index contributed by atoms with van der Waals surface area (Å²) in [5.41, 5.74) is 2.98. The van der Waals surface area contributed by atoms with Crippen molar-refractivity contribution in [2.24, 2.45) is 10.9 Å². The van der Waals surface area contributed by atoms with Crippen LogP contribution in [0.25, 0.3) is 0 Å². The molecule has 3 aliphatic rings. The Morgan fingerprint density at radius 3 is 2.54 bits per heavy atom. The predicted molar refractivity (Wildman–Crippen MR) is 136 cm³/mol. The first-order valence-electron chi connectivity index (χ1n) is 12.9. The van der Waals surface area contributed by atoms with Gasteiger partial charge in [-0.2, -0.15) is 0 Å². The fourth-order valence-electron chi connectivity index (χ4n) is 5.19. The van der Waals surface area contributed by atoms with Crippen LogP contribution < -0.4 is 10.1 Å². The van der Waals surface area contributed by atoms with Crippen LogP contribution in [0.15, 0.2) is 52.1 Å². The van der Waals surface area contributed by atoms with Crippen LogP contribution in [0.2, 0.25) is 0 Å². The number of ether oxygens (including phenoxy) is 2. The lowest BCUT2D eigenvalue weighted by molar-refractivity contribution is -0.119. The summed E-state index contributed by atoms with van der Waals surface area (Å²) in [6, 6.07) is 7.94. The van der Waals surface area contributed by atoms with Crippen LogP contribution in [-0.4, -0.2) is 49.4 Å². The number of morpholine rings is 1. The number of halogens is 1. The summed E-state index contributed by atoms with van der Waals surface area (Å²) in [4.78, 5) is 17.8. The minimum absolute atomic E-state index is 0.0256. The van der Waals surface area contributed by atoms with Crippen molar-refractivity contribution >= 4 is 12.1 Å². The van der Waals surface area contributed by atoms with E-state index in [1.807, 2.05) is 49.2 Å². The molecule has 2 fully saturated rings. The molecule has 35 heavy (non-hydrogen) atoms. The van der Waals surface area contributed by atoms with E-state index in [4.69, 9.17) is 9.47 Å². The highest BCUT2D eigenvalue weighted by molar-refractivity contribution is 5.73. The lowest BCUT2D eigenvalue weighted by Gasteiger charge is -2.31. The van der Waals surface area contributed by atoms with Crippen molar-refractivity contribution in [1.82, 2.24) is 10.2 Å². The van der Waals surface area contributed by atoms with Gasteiger partial charge in [-0.05, 0) is 75.1 Å². The standard InChI is InChI=1S/C28H38FN3O3/c1-19-12-13-30-28(32-14-16-34-17-15-32)27(29)26(19)18-22-4-8-24(9-5-22)35-25-10-6-23(7-11-25)20(2)31-21(3)33/h6-7,10-11,13,20,22,24H,4-5,8-9,12,14-18H2,1-3H3,(H,31,33). The second kappa shape index (κ2) is 11.8. The molecule has 2 heterocycles. The number of carbonyl (C=O) groups is 1. The fraction of sp³-hybridized carbons (Fsp3) is 0.571. The van der Waals surface area contributed by atoms with E-state index in [9.17, 15) is 4.79 Å². The van der Waals surface area contributed by atoms with Crippen molar-refractivity contribution in [3.05, 3.63) is 52.6 Å². The molecule has 1 aromatic carbocycles. The van der Waals surface area contributed by atoms with Crippen molar-refractivity contribution in [3.8, 4) is 5.75 Å². The molecule has 7 heteroatoms. The lowest BCUT2D eigenvalue weighted by atomic mass is 9.82. The van der Waals surface area contributed by atoms with Crippen LogP contribution in [0.5, 0.6) is 5.75 Å². The second-order valence-corrected chi connectivity index (χ2v) is 9.97. The number of benzene rings is 1. The minimum atomic E-state index is -0.148. The SMILES string of the molecule is CC(=O)NC(C)c1ccc(OC2CCC(CC3=C(C)CC=NC(N4CCOCC4)=C3F)CC2)cc1. The van der Waals surface area contributed by atoms with Gasteiger partial charge in [-0.25, -0.2) is 9.38 Å². The molecule has 1 N–H and O–H groups in total. The molecule has 0 bridgehead atoms. The Kier molecular flexibility index (Phi) is 8.60. The van der Waals surface area contributed by atoms with Gasteiger partial charge in [-0.1, -0.05) is 17.7 Å². The molecule has 1 amide bonds. The Balaban J connectivity index is 1.32. The van der Waals surface area contributed by atoms with Crippen LogP contribution in [0.4, 0.5) is 4.39 Å². The highest BCUT2D eigenvalue weighted by Crippen LogP contribution is 2.37. The van der Waals surface area contributed by atoms with E-state index < -0.39 is 0 Å². The van der Waals surface area contributed by atoms with E-state index in [-0.39, 0.29) is 23.9 Å². The normalized spacial score (nSPS) is 24.3. The first-order chi connectivity index (χ1) is 16.9. The van der Waals surface area contributed by atoms with Gasteiger partial charge in [0, 0.05) is 32.6 Å². The number of carbonyl (C=O) groups excluding carboxylic acids is 1.